The molecule has 0 aliphatic carbocycles. The highest BCUT2D eigenvalue weighted by Crippen LogP contribution is 2.18. The lowest BCUT2D eigenvalue weighted by molar-refractivity contribution is 0.371. The van der Waals surface area contributed by atoms with E-state index in [1.807, 2.05) is 18.3 Å². The van der Waals surface area contributed by atoms with Gasteiger partial charge in [-0.15, -0.1) is 24.0 Å². The van der Waals surface area contributed by atoms with Gasteiger partial charge in [-0.2, -0.15) is 0 Å². The summed E-state index contributed by atoms with van der Waals surface area (Å²) in [6.07, 6.45) is 4.91. The lowest BCUT2D eigenvalue weighted by Gasteiger charge is -2.37. The first-order chi connectivity index (χ1) is 13.8. The Kier molecular flexibility index (Phi) is 7.74. The molecule has 2 aromatic heterocycles. The van der Waals surface area contributed by atoms with Crippen molar-refractivity contribution in [2.75, 3.05) is 44.2 Å². The predicted molar refractivity (Wildman–Crippen MR) is 131 cm³/mol. The van der Waals surface area contributed by atoms with Gasteiger partial charge in [-0.25, -0.2) is 4.98 Å². The SMILES string of the molecule is CCNC(=NCCc1c[nH]c2ccccc12)N1CCN(c2ccccn2)CC1.I. The number of aliphatic imine (C=N–C) groups is 1. The number of fused-ring (bicyclic) bond motifs is 1. The number of nitrogens with zero attached hydrogens (tertiary/aromatic N) is 4. The highest BCUT2D eigenvalue weighted by molar-refractivity contribution is 14.0. The molecule has 0 spiro atoms. The first kappa shape index (κ1) is 21.4. The van der Waals surface area contributed by atoms with E-state index in [9.17, 15) is 0 Å². The van der Waals surface area contributed by atoms with Gasteiger partial charge in [-0.1, -0.05) is 24.3 Å². The van der Waals surface area contributed by atoms with Crippen molar-refractivity contribution in [3.63, 3.8) is 0 Å². The summed E-state index contributed by atoms with van der Waals surface area (Å²) < 4.78 is 0. The first-order valence-electron chi connectivity index (χ1n) is 10.1. The van der Waals surface area contributed by atoms with Crippen LogP contribution in [0.4, 0.5) is 5.82 Å². The minimum Gasteiger partial charge on any atom is -0.361 e. The van der Waals surface area contributed by atoms with Crippen molar-refractivity contribution in [3.8, 4) is 0 Å². The molecule has 0 bridgehead atoms. The predicted octanol–water partition coefficient (Wildman–Crippen LogP) is 3.51. The number of rotatable bonds is 5. The number of halogens is 1. The number of hydrogen-bond donors (Lipinski definition) is 2. The summed E-state index contributed by atoms with van der Waals surface area (Å²) in [5.74, 6) is 2.08. The van der Waals surface area contributed by atoms with Gasteiger partial charge in [-0.3, -0.25) is 4.99 Å². The largest absolute Gasteiger partial charge is 0.361 e. The van der Waals surface area contributed by atoms with Gasteiger partial charge < -0.3 is 20.1 Å². The van der Waals surface area contributed by atoms with E-state index >= 15 is 0 Å². The Morgan fingerprint density at radius 1 is 1.10 bits per heavy atom. The zero-order valence-electron chi connectivity index (χ0n) is 16.8. The van der Waals surface area contributed by atoms with Crippen LogP contribution in [-0.2, 0) is 6.42 Å². The Balaban J connectivity index is 0.00000240. The summed E-state index contributed by atoms with van der Waals surface area (Å²) in [6.45, 7) is 7.62. The minimum atomic E-state index is 0. The van der Waals surface area contributed by atoms with E-state index < -0.39 is 0 Å². The number of hydrogen-bond acceptors (Lipinski definition) is 3. The van der Waals surface area contributed by atoms with Crippen molar-refractivity contribution in [2.24, 2.45) is 4.99 Å². The Bertz CT molecular complexity index is 915. The zero-order chi connectivity index (χ0) is 19.2. The molecule has 3 aromatic rings. The second-order valence-electron chi connectivity index (χ2n) is 7.01. The highest BCUT2D eigenvalue weighted by atomic mass is 127. The summed E-state index contributed by atoms with van der Waals surface area (Å²) >= 11 is 0. The molecule has 1 saturated heterocycles. The summed E-state index contributed by atoms with van der Waals surface area (Å²) in [6, 6.07) is 14.5. The smallest absolute Gasteiger partial charge is 0.194 e. The number of aromatic amines is 1. The summed E-state index contributed by atoms with van der Waals surface area (Å²) in [4.78, 5) is 17.4. The van der Waals surface area contributed by atoms with Crippen molar-refractivity contribution in [1.29, 1.82) is 0 Å². The van der Waals surface area contributed by atoms with Crippen LogP contribution in [0.1, 0.15) is 12.5 Å². The van der Waals surface area contributed by atoms with Gasteiger partial charge >= 0.3 is 0 Å². The Labute approximate surface area is 189 Å². The number of pyridine rings is 1. The number of H-pyrrole nitrogens is 1. The maximum absolute atomic E-state index is 4.90. The number of anilines is 1. The maximum Gasteiger partial charge on any atom is 0.194 e. The fourth-order valence-corrected chi connectivity index (χ4v) is 3.73. The molecule has 0 amide bonds. The van der Waals surface area contributed by atoms with Crippen LogP contribution in [0.2, 0.25) is 0 Å². The molecular weight excluding hydrogens is 475 g/mol. The van der Waals surface area contributed by atoms with E-state index in [2.05, 4.69) is 68.5 Å². The van der Waals surface area contributed by atoms with Crippen LogP contribution in [0.15, 0.2) is 59.9 Å². The molecule has 29 heavy (non-hydrogen) atoms. The average molecular weight is 504 g/mol. The first-order valence-corrected chi connectivity index (χ1v) is 10.1. The monoisotopic (exact) mass is 504 g/mol. The van der Waals surface area contributed by atoms with Crippen molar-refractivity contribution in [2.45, 2.75) is 13.3 Å². The van der Waals surface area contributed by atoms with E-state index in [0.717, 1.165) is 57.5 Å². The normalized spacial score (nSPS) is 14.7. The Hall–Kier alpha value is -2.29. The van der Waals surface area contributed by atoms with Crippen LogP contribution in [0.25, 0.3) is 10.9 Å². The Morgan fingerprint density at radius 3 is 2.66 bits per heavy atom. The van der Waals surface area contributed by atoms with Gasteiger partial charge in [0, 0.05) is 62.6 Å². The highest BCUT2D eigenvalue weighted by Gasteiger charge is 2.20. The standard InChI is InChI=1S/C22H28N6.HI/c1-2-23-22(25-12-10-18-17-26-20-8-4-3-7-19(18)20)28-15-13-27(14-16-28)21-9-5-6-11-24-21;/h3-9,11,17,26H,2,10,12-16H2,1H3,(H,23,25);1H. The fourth-order valence-electron chi connectivity index (χ4n) is 3.73. The molecule has 2 N–H and O–H groups in total. The van der Waals surface area contributed by atoms with Crippen LogP contribution in [0.3, 0.4) is 0 Å². The van der Waals surface area contributed by atoms with Gasteiger partial charge in [0.25, 0.3) is 0 Å². The molecule has 1 aliphatic rings. The number of aromatic nitrogens is 2. The number of piperazine rings is 1. The van der Waals surface area contributed by atoms with Crippen LogP contribution >= 0.6 is 24.0 Å². The molecule has 1 fully saturated rings. The molecule has 6 nitrogen and oxygen atoms in total. The molecule has 154 valence electrons. The molecule has 1 aliphatic heterocycles. The molecule has 0 radical (unpaired) electrons. The number of nitrogens with one attached hydrogen (secondary N) is 2. The van der Waals surface area contributed by atoms with Crippen LogP contribution in [-0.4, -0.2) is 60.1 Å². The van der Waals surface area contributed by atoms with Gasteiger partial charge in [-0.05, 0) is 37.1 Å². The van der Waals surface area contributed by atoms with E-state index in [4.69, 9.17) is 4.99 Å². The van der Waals surface area contributed by atoms with Crippen LogP contribution in [0, 0.1) is 0 Å². The zero-order valence-corrected chi connectivity index (χ0v) is 19.2. The van der Waals surface area contributed by atoms with Crippen molar-refractivity contribution in [3.05, 3.63) is 60.4 Å². The van der Waals surface area contributed by atoms with E-state index in [1.54, 1.807) is 0 Å². The van der Waals surface area contributed by atoms with Crippen molar-refractivity contribution >= 4 is 46.7 Å². The van der Waals surface area contributed by atoms with E-state index in [0.29, 0.717) is 0 Å². The maximum atomic E-state index is 4.90. The molecule has 7 heteroatoms. The van der Waals surface area contributed by atoms with Gasteiger partial charge in [0.2, 0.25) is 0 Å². The molecule has 4 rings (SSSR count). The average Bonchev–Trinajstić information content (AvgIpc) is 3.17. The van der Waals surface area contributed by atoms with Gasteiger partial charge in [0.05, 0.1) is 0 Å². The molecule has 3 heterocycles. The number of guanidine groups is 1. The second-order valence-corrected chi connectivity index (χ2v) is 7.01. The number of para-hydroxylation sites is 1. The molecular formula is C22H29IN6. The third-order valence-corrected chi connectivity index (χ3v) is 5.21. The topological polar surface area (TPSA) is 59.6 Å². The fraction of sp³-hybridized carbons (Fsp3) is 0.364. The molecule has 0 saturated carbocycles. The third-order valence-electron chi connectivity index (χ3n) is 5.21. The van der Waals surface area contributed by atoms with Crippen LogP contribution in [0.5, 0.6) is 0 Å². The lowest BCUT2D eigenvalue weighted by atomic mass is 10.1. The lowest BCUT2D eigenvalue weighted by Crippen LogP contribution is -2.52. The quantitative estimate of drug-likeness (QED) is 0.317. The minimum absolute atomic E-state index is 0. The number of benzene rings is 1. The van der Waals surface area contributed by atoms with Crippen molar-refractivity contribution in [1.82, 2.24) is 20.2 Å². The third kappa shape index (κ3) is 5.20. The van der Waals surface area contributed by atoms with E-state index in [1.165, 1.54) is 16.5 Å². The van der Waals surface area contributed by atoms with Gasteiger partial charge in [0.15, 0.2) is 5.96 Å². The molecule has 0 unspecified atom stereocenters. The van der Waals surface area contributed by atoms with E-state index in [-0.39, 0.29) is 24.0 Å². The van der Waals surface area contributed by atoms with Crippen LogP contribution < -0.4 is 10.2 Å². The molecule has 0 atom stereocenters. The summed E-state index contributed by atoms with van der Waals surface area (Å²) in [5.41, 5.74) is 2.52. The van der Waals surface area contributed by atoms with Crippen molar-refractivity contribution < 1.29 is 0 Å². The second kappa shape index (κ2) is 10.5. The molecule has 1 aromatic carbocycles. The Morgan fingerprint density at radius 2 is 1.90 bits per heavy atom. The summed E-state index contributed by atoms with van der Waals surface area (Å²) in [7, 11) is 0. The van der Waals surface area contributed by atoms with Gasteiger partial charge in [0.1, 0.15) is 5.82 Å². The summed E-state index contributed by atoms with van der Waals surface area (Å²) in [5, 5.41) is 4.76.